The lowest BCUT2D eigenvalue weighted by molar-refractivity contribution is -0.385. The highest BCUT2D eigenvalue weighted by Crippen LogP contribution is 2.32. The van der Waals surface area contributed by atoms with Gasteiger partial charge in [0, 0.05) is 44.4 Å². The van der Waals surface area contributed by atoms with Crippen LogP contribution in [-0.2, 0) is 10.0 Å². The van der Waals surface area contributed by atoms with Gasteiger partial charge in [0.2, 0.25) is 10.0 Å². The number of sulfonamides is 1. The van der Waals surface area contributed by atoms with Gasteiger partial charge in [-0.15, -0.1) is 0 Å². The summed E-state index contributed by atoms with van der Waals surface area (Å²) in [6.07, 6.45) is 4.64. The minimum Gasteiger partial charge on any atom is -0.381 e. The van der Waals surface area contributed by atoms with Gasteiger partial charge in [-0.3, -0.25) is 10.1 Å². The van der Waals surface area contributed by atoms with Crippen LogP contribution in [-0.4, -0.2) is 61.3 Å². The van der Waals surface area contributed by atoms with E-state index in [9.17, 15) is 18.5 Å². The molecule has 0 spiro atoms. The first-order valence-electron chi connectivity index (χ1n) is 9.69. The third kappa shape index (κ3) is 4.59. The zero-order valence-corrected chi connectivity index (χ0v) is 16.6. The molecule has 3 rings (SSSR count). The maximum atomic E-state index is 13.1. The number of likely N-dealkylation sites (tertiary alicyclic amines) is 1. The van der Waals surface area contributed by atoms with E-state index in [2.05, 4.69) is 17.1 Å². The zero-order chi connectivity index (χ0) is 19.4. The normalized spacial score (nSPS) is 20.0. The maximum absolute atomic E-state index is 13.1. The van der Waals surface area contributed by atoms with Crippen LogP contribution in [0.2, 0.25) is 0 Å². The van der Waals surface area contributed by atoms with E-state index >= 15 is 0 Å². The lowest BCUT2D eigenvalue weighted by Gasteiger charge is -2.33. The van der Waals surface area contributed by atoms with Crippen molar-refractivity contribution in [3.05, 3.63) is 28.3 Å². The molecular weight excluding hydrogens is 368 g/mol. The molecule has 0 unspecified atom stereocenters. The Morgan fingerprint density at radius 2 is 1.85 bits per heavy atom. The van der Waals surface area contributed by atoms with Gasteiger partial charge in [0.05, 0.1) is 10.6 Å². The van der Waals surface area contributed by atoms with E-state index < -0.39 is 14.9 Å². The van der Waals surface area contributed by atoms with Crippen LogP contribution in [0.3, 0.4) is 0 Å². The van der Waals surface area contributed by atoms with Crippen LogP contribution in [0, 0.1) is 10.1 Å². The predicted molar refractivity (Wildman–Crippen MR) is 104 cm³/mol. The average molecular weight is 397 g/mol. The van der Waals surface area contributed by atoms with E-state index in [0.717, 1.165) is 51.7 Å². The topological polar surface area (TPSA) is 95.8 Å². The highest BCUT2D eigenvalue weighted by Gasteiger charge is 2.31. The molecule has 8 nitrogen and oxygen atoms in total. The summed E-state index contributed by atoms with van der Waals surface area (Å²) in [6, 6.07) is 4.28. The van der Waals surface area contributed by atoms with Gasteiger partial charge < -0.3 is 10.2 Å². The van der Waals surface area contributed by atoms with E-state index in [-0.39, 0.29) is 16.6 Å². The van der Waals surface area contributed by atoms with E-state index in [1.165, 1.54) is 16.4 Å². The molecule has 0 aromatic heterocycles. The fraction of sp³-hybridized carbons (Fsp3) is 0.667. The summed E-state index contributed by atoms with van der Waals surface area (Å²) in [5.74, 6) is 0. The number of nitro groups is 1. The minimum absolute atomic E-state index is 0.0228. The minimum atomic E-state index is -3.74. The number of anilines is 1. The number of rotatable bonds is 7. The van der Waals surface area contributed by atoms with E-state index in [1.807, 2.05) is 0 Å². The first-order chi connectivity index (χ1) is 12.9. The molecule has 2 heterocycles. The standard InChI is InChI=1S/C18H28N4O4S/c1-2-9-20-12-7-15(8-13-20)19-17-6-5-16(22(23)24)14-18(17)27(25,26)21-10-3-4-11-21/h5-6,14-15,19H,2-4,7-13H2,1H3. The molecular formula is C18H28N4O4S. The summed E-state index contributed by atoms with van der Waals surface area (Å²) >= 11 is 0. The van der Waals surface area contributed by atoms with Crippen LogP contribution in [0.4, 0.5) is 11.4 Å². The van der Waals surface area contributed by atoms with Crippen LogP contribution >= 0.6 is 0 Å². The second kappa shape index (κ2) is 8.53. The van der Waals surface area contributed by atoms with Crippen LogP contribution in [0.15, 0.2) is 23.1 Å². The number of benzene rings is 1. The Morgan fingerprint density at radius 1 is 1.19 bits per heavy atom. The second-order valence-corrected chi connectivity index (χ2v) is 9.22. The molecule has 1 N–H and O–H groups in total. The Balaban J connectivity index is 1.83. The first-order valence-corrected chi connectivity index (χ1v) is 11.1. The Hall–Kier alpha value is -1.71. The molecule has 9 heteroatoms. The molecule has 1 aromatic rings. The SMILES string of the molecule is CCCN1CCC(Nc2ccc([N+](=O)[O-])cc2S(=O)(=O)N2CCCC2)CC1. The van der Waals surface area contributed by atoms with Crippen molar-refractivity contribution >= 4 is 21.4 Å². The van der Waals surface area contributed by atoms with Gasteiger partial charge in [0.25, 0.3) is 5.69 Å². The van der Waals surface area contributed by atoms with Gasteiger partial charge in [0.15, 0.2) is 0 Å². The Bertz CT molecular complexity index is 770. The number of non-ortho nitro benzene ring substituents is 1. The molecule has 2 fully saturated rings. The monoisotopic (exact) mass is 396 g/mol. The van der Waals surface area contributed by atoms with Crippen molar-refractivity contribution in [1.82, 2.24) is 9.21 Å². The van der Waals surface area contributed by atoms with Crippen LogP contribution < -0.4 is 5.32 Å². The summed E-state index contributed by atoms with van der Waals surface area (Å²) in [5, 5.41) is 14.5. The highest BCUT2D eigenvalue weighted by atomic mass is 32.2. The predicted octanol–water partition coefficient (Wildman–Crippen LogP) is 2.67. The Kier molecular flexibility index (Phi) is 6.33. The van der Waals surface area contributed by atoms with Crippen LogP contribution in [0.1, 0.15) is 39.0 Å². The number of nitrogens with one attached hydrogen (secondary N) is 1. The smallest absolute Gasteiger partial charge is 0.270 e. The van der Waals surface area contributed by atoms with Gasteiger partial charge in [0.1, 0.15) is 4.90 Å². The molecule has 150 valence electrons. The third-order valence-corrected chi connectivity index (χ3v) is 7.28. The van der Waals surface area contributed by atoms with E-state index in [0.29, 0.717) is 18.8 Å². The van der Waals surface area contributed by atoms with Crippen LogP contribution in [0.5, 0.6) is 0 Å². The Morgan fingerprint density at radius 3 is 2.44 bits per heavy atom. The van der Waals surface area contributed by atoms with Gasteiger partial charge in [-0.1, -0.05) is 6.92 Å². The number of nitro benzene ring substituents is 1. The van der Waals surface area contributed by atoms with Crippen molar-refractivity contribution in [3.8, 4) is 0 Å². The molecule has 0 radical (unpaired) electrons. The zero-order valence-electron chi connectivity index (χ0n) is 15.8. The van der Waals surface area contributed by atoms with Gasteiger partial charge in [-0.2, -0.15) is 4.31 Å². The first kappa shape index (κ1) is 20.0. The van der Waals surface area contributed by atoms with Gasteiger partial charge >= 0.3 is 0 Å². The molecule has 1 aromatic carbocycles. The second-order valence-electron chi connectivity index (χ2n) is 7.31. The fourth-order valence-electron chi connectivity index (χ4n) is 3.86. The molecule has 0 saturated carbocycles. The van der Waals surface area contributed by atoms with Crippen molar-refractivity contribution in [1.29, 1.82) is 0 Å². The summed E-state index contributed by atoms with van der Waals surface area (Å²) in [5.41, 5.74) is 0.275. The molecule has 2 aliphatic rings. The fourth-order valence-corrected chi connectivity index (χ4v) is 5.55. The summed E-state index contributed by atoms with van der Waals surface area (Å²) < 4.78 is 27.6. The number of piperidine rings is 1. The van der Waals surface area contributed by atoms with Crippen LogP contribution in [0.25, 0.3) is 0 Å². The summed E-state index contributed by atoms with van der Waals surface area (Å²) in [6.45, 7) is 6.15. The third-order valence-electron chi connectivity index (χ3n) is 5.35. The van der Waals surface area contributed by atoms with Crippen molar-refractivity contribution < 1.29 is 13.3 Å². The maximum Gasteiger partial charge on any atom is 0.270 e. The Labute approximate surface area is 160 Å². The van der Waals surface area contributed by atoms with Crippen molar-refractivity contribution in [2.24, 2.45) is 0 Å². The largest absolute Gasteiger partial charge is 0.381 e. The lowest BCUT2D eigenvalue weighted by Crippen LogP contribution is -2.39. The molecule has 0 bridgehead atoms. The molecule has 0 aliphatic carbocycles. The van der Waals surface area contributed by atoms with E-state index in [1.54, 1.807) is 6.07 Å². The van der Waals surface area contributed by atoms with Gasteiger partial charge in [-0.25, -0.2) is 8.42 Å². The molecule has 2 saturated heterocycles. The van der Waals surface area contributed by atoms with Crippen molar-refractivity contribution in [3.63, 3.8) is 0 Å². The van der Waals surface area contributed by atoms with Crippen molar-refractivity contribution in [2.75, 3.05) is 38.0 Å². The highest BCUT2D eigenvalue weighted by molar-refractivity contribution is 7.89. The quantitative estimate of drug-likeness (QED) is 0.562. The summed E-state index contributed by atoms with van der Waals surface area (Å²) in [4.78, 5) is 13.1. The summed E-state index contributed by atoms with van der Waals surface area (Å²) in [7, 11) is -3.74. The lowest BCUT2D eigenvalue weighted by atomic mass is 10.0. The van der Waals surface area contributed by atoms with Crippen molar-refractivity contribution in [2.45, 2.75) is 50.0 Å². The number of hydrogen-bond donors (Lipinski definition) is 1. The molecule has 0 atom stereocenters. The number of hydrogen-bond acceptors (Lipinski definition) is 6. The van der Waals surface area contributed by atoms with E-state index in [4.69, 9.17) is 0 Å². The average Bonchev–Trinajstić information content (AvgIpc) is 3.19. The van der Waals surface area contributed by atoms with Gasteiger partial charge in [-0.05, 0) is 44.7 Å². The molecule has 0 amide bonds. The molecule has 27 heavy (non-hydrogen) atoms. The molecule has 2 aliphatic heterocycles. The number of nitrogens with zero attached hydrogens (tertiary/aromatic N) is 3.